The van der Waals surface area contributed by atoms with E-state index in [0.717, 1.165) is 0 Å². The maximum Gasteiger partial charge on any atom is 0.347 e. The van der Waals surface area contributed by atoms with Crippen LogP contribution >= 0.6 is 0 Å². The zero-order valence-electron chi connectivity index (χ0n) is 5.78. The molecule has 60 valence electrons. The summed E-state index contributed by atoms with van der Waals surface area (Å²) >= 11 is 0. The summed E-state index contributed by atoms with van der Waals surface area (Å²) in [5.74, 6) is -0.785. The summed E-state index contributed by atoms with van der Waals surface area (Å²) in [4.78, 5) is 23.2. The van der Waals surface area contributed by atoms with Crippen LogP contribution in [-0.4, -0.2) is 19.9 Å². The van der Waals surface area contributed by atoms with Crippen molar-refractivity contribution in [2.24, 2.45) is 0 Å². The summed E-state index contributed by atoms with van der Waals surface area (Å²) in [6.45, 7) is 0. The molecule has 1 N–H and O–H groups in total. The molecule has 0 aliphatic rings. The zero-order chi connectivity index (χ0) is 8.55. The van der Waals surface area contributed by atoms with Crippen molar-refractivity contribution in [2.75, 3.05) is 0 Å². The van der Waals surface area contributed by atoms with Crippen molar-refractivity contribution in [2.45, 2.75) is 0 Å². The van der Waals surface area contributed by atoms with E-state index in [0.29, 0.717) is 0 Å². The van der Waals surface area contributed by atoms with Gasteiger partial charge in [0.15, 0.2) is 0 Å². The van der Waals surface area contributed by atoms with E-state index in [9.17, 15) is 9.18 Å². The Morgan fingerprint density at radius 1 is 1.50 bits per heavy atom. The fourth-order valence-corrected chi connectivity index (χ4v) is 0.864. The largest absolute Gasteiger partial charge is 0.347 e. The minimum Gasteiger partial charge on any atom is -0.280 e. The number of halogens is 1. The van der Waals surface area contributed by atoms with Gasteiger partial charge in [-0.3, -0.25) is 4.98 Å². The summed E-state index contributed by atoms with van der Waals surface area (Å²) in [5.41, 5.74) is -0.571. The first-order valence-electron chi connectivity index (χ1n) is 3.13. The van der Waals surface area contributed by atoms with E-state index in [-0.39, 0.29) is 11.0 Å². The Hall–Kier alpha value is -1.85. The lowest BCUT2D eigenvalue weighted by molar-refractivity contribution is 0.584. The van der Waals surface area contributed by atoms with Crippen LogP contribution in [0.2, 0.25) is 0 Å². The molecule has 0 radical (unpaired) electrons. The van der Waals surface area contributed by atoms with Crippen LogP contribution in [0.3, 0.4) is 0 Å². The van der Waals surface area contributed by atoms with Crippen LogP contribution in [0.15, 0.2) is 17.3 Å². The highest BCUT2D eigenvalue weighted by atomic mass is 19.1. The first kappa shape index (κ1) is 6.84. The molecular formula is C6H3FN4O. The molecule has 5 nitrogen and oxygen atoms in total. The van der Waals surface area contributed by atoms with E-state index in [2.05, 4.69) is 15.0 Å². The second kappa shape index (κ2) is 2.33. The van der Waals surface area contributed by atoms with E-state index in [1.807, 2.05) is 4.98 Å². The van der Waals surface area contributed by atoms with Crippen molar-refractivity contribution in [3.63, 3.8) is 0 Å². The Balaban J connectivity index is 2.99. The Morgan fingerprint density at radius 3 is 3.17 bits per heavy atom. The number of fused-ring (bicyclic) bond motifs is 1. The van der Waals surface area contributed by atoms with E-state index in [1.54, 1.807) is 0 Å². The first-order chi connectivity index (χ1) is 5.77. The second-order valence-corrected chi connectivity index (χ2v) is 2.11. The van der Waals surface area contributed by atoms with E-state index in [1.165, 1.54) is 12.5 Å². The normalized spacial score (nSPS) is 10.4. The number of hydrogen-bond donors (Lipinski definition) is 1. The summed E-state index contributed by atoms with van der Waals surface area (Å²) in [5, 5.41) is 0. The fraction of sp³-hybridized carbons (Fsp3) is 0. The molecule has 0 saturated carbocycles. The van der Waals surface area contributed by atoms with Gasteiger partial charge in [-0.25, -0.2) is 14.8 Å². The number of hydrogen-bond acceptors (Lipinski definition) is 4. The van der Waals surface area contributed by atoms with Crippen LogP contribution in [-0.2, 0) is 0 Å². The molecule has 0 unspecified atom stereocenters. The predicted octanol–water partition coefficient (Wildman–Crippen LogP) is -0.148. The lowest BCUT2D eigenvalue weighted by Crippen LogP contribution is -2.12. The van der Waals surface area contributed by atoms with E-state index >= 15 is 0 Å². The van der Waals surface area contributed by atoms with Crippen LogP contribution in [0.1, 0.15) is 0 Å². The van der Waals surface area contributed by atoms with Gasteiger partial charge < -0.3 is 0 Å². The molecule has 2 rings (SSSR count). The number of H-pyrrole nitrogens is 1. The van der Waals surface area contributed by atoms with Crippen molar-refractivity contribution in [3.8, 4) is 0 Å². The maximum absolute atomic E-state index is 12.9. The quantitative estimate of drug-likeness (QED) is 0.552. The molecule has 0 spiro atoms. The monoisotopic (exact) mass is 166 g/mol. The van der Waals surface area contributed by atoms with Crippen molar-refractivity contribution < 1.29 is 4.39 Å². The topological polar surface area (TPSA) is 71.5 Å². The number of aromatic amines is 1. The van der Waals surface area contributed by atoms with Gasteiger partial charge in [0.1, 0.15) is 17.4 Å². The van der Waals surface area contributed by atoms with Gasteiger partial charge in [0.2, 0.25) is 5.95 Å². The average molecular weight is 166 g/mol. The molecule has 2 aromatic rings. The molecule has 0 aliphatic heterocycles. The van der Waals surface area contributed by atoms with Gasteiger partial charge in [0.25, 0.3) is 0 Å². The lowest BCUT2D eigenvalue weighted by atomic mass is 10.4. The molecule has 2 heterocycles. The van der Waals surface area contributed by atoms with Crippen molar-refractivity contribution in [1.29, 1.82) is 0 Å². The summed E-state index contributed by atoms with van der Waals surface area (Å²) in [7, 11) is 0. The second-order valence-electron chi connectivity index (χ2n) is 2.11. The predicted molar refractivity (Wildman–Crippen MR) is 37.9 cm³/mol. The smallest absolute Gasteiger partial charge is 0.280 e. The lowest BCUT2D eigenvalue weighted by Gasteiger charge is -1.93. The zero-order valence-corrected chi connectivity index (χ0v) is 5.78. The maximum atomic E-state index is 12.9. The van der Waals surface area contributed by atoms with E-state index in [4.69, 9.17) is 0 Å². The minimum atomic E-state index is -0.785. The van der Waals surface area contributed by atoms with Crippen molar-refractivity contribution in [1.82, 2.24) is 19.9 Å². The fourth-order valence-electron chi connectivity index (χ4n) is 0.864. The van der Waals surface area contributed by atoms with Crippen LogP contribution in [0.4, 0.5) is 4.39 Å². The van der Waals surface area contributed by atoms with Gasteiger partial charge in [-0.05, 0) is 0 Å². The van der Waals surface area contributed by atoms with Gasteiger partial charge in [-0.15, -0.1) is 0 Å². The average Bonchev–Trinajstić information content (AvgIpc) is 2.04. The molecule has 12 heavy (non-hydrogen) atoms. The number of nitrogens with zero attached hydrogens (tertiary/aromatic N) is 3. The highest BCUT2D eigenvalue weighted by molar-refractivity contribution is 5.71. The summed E-state index contributed by atoms with van der Waals surface area (Å²) in [6, 6.07) is 0. The standard InChI is InChI=1S/C6H3FN4O/c7-5-4-3(1-8-2-9-4)10-6(12)11-5/h1-2H,(H,10,11,12). The van der Waals surface area contributed by atoms with Crippen LogP contribution < -0.4 is 5.69 Å². The van der Waals surface area contributed by atoms with Crippen molar-refractivity contribution >= 4 is 11.0 Å². The van der Waals surface area contributed by atoms with Crippen molar-refractivity contribution in [3.05, 3.63) is 29.0 Å². The van der Waals surface area contributed by atoms with Crippen LogP contribution in [0.5, 0.6) is 0 Å². The first-order valence-corrected chi connectivity index (χ1v) is 3.13. The molecule has 2 aromatic heterocycles. The third kappa shape index (κ3) is 0.931. The van der Waals surface area contributed by atoms with Gasteiger partial charge in [-0.1, -0.05) is 0 Å². The minimum absolute atomic E-state index is 0.0181. The third-order valence-corrected chi connectivity index (χ3v) is 1.34. The molecule has 0 amide bonds. The molecule has 0 bridgehead atoms. The molecule has 0 fully saturated rings. The molecule has 6 heteroatoms. The van der Waals surface area contributed by atoms with Crippen LogP contribution in [0.25, 0.3) is 11.0 Å². The van der Waals surface area contributed by atoms with Gasteiger partial charge in [0, 0.05) is 0 Å². The molecule has 0 aromatic carbocycles. The highest BCUT2D eigenvalue weighted by Crippen LogP contribution is 2.04. The van der Waals surface area contributed by atoms with Gasteiger partial charge in [-0.2, -0.15) is 9.37 Å². The van der Waals surface area contributed by atoms with Crippen LogP contribution in [0, 0.1) is 5.95 Å². The number of aromatic nitrogens is 4. The number of rotatable bonds is 0. The van der Waals surface area contributed by atoms with E-state index < -0.39 is 11.6 Å². The Bertz CT molecular complexity index is 480. The molecular weight excluding hydrogens is 163 g/mol. The molecule has 0 aliphatic carbocycles. The Morgan fingerprint density at radius 2 is 2.33 bits per heavy atom. The Labute approximate surface area is 65.3 Å². The summed E-state index contributed by atoms with van der Waals surface area (Å²) < 4.78 is 12.9. The third-order valence-electron chi connectivity index (χ3n) is 1.34. The SMILES string of the molecule is O=c1nc2cncnc2c(F)[nH]1. The molecule has 0 atom stereocenters. The van der Waals surface area contributed by atoms with Gasteiger partial charge >= 0.3 is 5.69 Å². The highest BCUT2D eigenvalue weighted by Gasteiger charge is 2.03. The number of nitrogens with one attached hydrogen (secondary N) is 1. The Kier molecular flexibility index (Phi) is 1.33. The molecule has 0 saturated heterocycles. The summed E-state index contributed by atoms with van der Waals surface area (Å²) in [6.07, 6.45) is 2.46. The van der Waals surface area contributed by atoms with Gasteiger partial charge in [0.05, 0.1) is 6.20 Å².